The van der Waals surface area contributed by atoms with Crippen LogP contribution in [0.4, 0.5) is 0 Å². The van der Waals surface area contributed by atoms with Gasteiger partial charge in [-0.3, -0.25) is 9.69 Å². The van der Waals surface area contributed by atoms with Gasteiger partial charge in [0.05, 0.1) is 20.1 Å². The van der Waals surface area contributed by atoms with Gasteiger partial charge in [0.15, 0.2) is 5.82 Å². The number of methoxy groups -OCH3 is 1. The fourth-order valence-electron chi connectivity index (χ4n) is 1.73. The van der Waals surface area contributed by atoms with E-state index in [4.69, 9.17) is 4.52 Å². The number of esters is 1. The Morgan fingerprint density at radius 2 is 2.33 bits per heavy atom. The van der Waals surface area contributed by atoms with Gasteiger partial charge in [0.25, 0.3) is 0 Å². The van der Waals surface area contributed by atoms with E-state index in [9.17, 15) is 4.79 Å². The Balaban J connectivity index is 1.82. The summed E-state index contributed by atoms with van der Waals surface area (Å²) in [5, 5.41) is 3.97. The van der Waals surface area contributed by atoms with Crippen molar-refractivity contribution < 1.29 is 14.1 Å². The Labute approximate surface area is 106 Å². The van der Waals surface area contributed by atoms with Crippen molar-refractivity contribution in [1.82, 2.24) is 15.0 Å². The second-order valence-corrected chi connectivity index (χ2v) is 4.52. The molecule has 2 rings (SSSR count). The largest absolute Gasteiger partial charge is 0.469 e. The molecule has 1 aromatic heterocycles. The highest BCUT2D eigenvalue weighted by atomic mass is 16.5. The molecule has 0 unspecified atom stereocenters. The smallest absolute Gasteiger partial charge is 0.306 e. The number of hydrogen-bond acceptors (Lipinski definition) is 6. The van der Waals surface area contributed by atoms with Gasteiger partial charge in [-0.25, -0.2) is 0 Å². The molecule has 1 fully saturated rings. The van der Waals surface area contributed by atoms with Crippen LogP contribution in [0.3, 0.4) is 0 Å². The van der Waals surface area contributed by atoms with Crippen LogP contribution in [0.5, 0.6) is 0 Å². The van der Waals surface area contributed by atoms with E-state index in [2.05, 4.69) is 19.8 Å². The van der Waals surface area contributed by atoms with Crippen LogP contribution in [0.25, 0.3) is 0 Å². The van der Waals surface area contributed by atoms with Gasteiger partial charge >= 0.3 is 5.97 Å². The number of aromatic nitrogens is 2. The predicted molar refractivity (Wildman–Crippen MR) is 63.9 cm³/mol. The summed E-state index contributed by atoms with van der Waals surface area (Å²) in [5.74, 6) is 1.77. The molecule has 6 heteroatoms. The van der Waals surface area contributed by atoms with Crippen molar-refractivity contribution in [3.63, 3.8) is 0 Å². The molecule has 0 amide bonds. The van der Waals surface area contributed by atoms with Gasteiger partial charge in [0.1, 0.15) is 0 Å². The van der Waals surface area contributed by atoms with Gasteiger partial charge in [-0.2, -0.15) is 4.98 Å². The first-order chi connectivity index (χ1) is 8.72. The fourth-order valence-corrected chi connectivity index (χ4v) is 1.73. The third-order valence-corrected chi connectivity index (χ3v) is 3.09. The summed E-state index contributed by atoms with van der Waals surface area (Å²) in [6, 6.07) is 0. The van der Waals surface area contributed by atoms with Crippen LogP contribution in [0.2, 0.25) is 0 Å². The summed E-state index contributed by atoms with van der Waals surface area (Å²) < 4.78 is 9.83. The van der Waals surface area contributed by atoms with Crippen molar-refractivity contribution in [2.75, 3.05) is 20.2 Å². The van der Waals surface area contributed by atoms with E-state index in [-0.39, 0.29) is 5.97 Å². The number of rotatable bonds is 7. The topological polar surface area (TPSA) is 68.5 Å². The predicted octanol–water partition coefficient (Wildman–Crippen LogP) is 1.33. The zero-order valence-corrected chi connectivity index (χ0v) is 10.9. The number of ether oxygens (including phenoxy) is 1. The maximum absolute atomic E-state index is 11.1. The van der Waals surface area contributed by atoms with E-state index in [1.165, 1.54) is 20.0 Å². The molecule has 1 aliphatic rings. The zero-order valence-electron chi connectivity index (χ0n) is 10.9. The van der Waals surface area contributed by atoms with Crippen LogP contribution in [0, 0.1) is 0 Å². The monoisotopic (exact) mass is 253 g/mol. The maximum Gasteiger partial charge on any atom is 0.306 e. The van der Waals surface area contributed by atoms with E-state index in [1.807, 2.05) is 6.92 Å². The Hall–Kier alpha value is -1.43. The van der Waals surface area contributed by atoms with Crippen LogP contribution in [0.1, 0.15) is 43.8 Å². The molecule has 0 atom stereocenters. The second kappa shape index (κ2) is 5.95. The molecule has 0 N–H and O–H groups in total. The van der Waals surface area contributed by atoms with Crippen LogP contribution in [-0.2, 0) is 16.1 Å². The second-order valence-electron chi connectivity index (χ2n) is 4.52. The van der Waals surface area contributed by atoms with Crippen molar-refractivity contribution in [2.45, 2.75) is 38.6 Å². The third kappa shape index (κ3) is 3.53. The Morgan fingerprint density at radius 3 is 2.94 bits per heavy atom. The molecule has 0 radical (unpaired) electrons. The number of nitrogens with zero attached hydrogens (tertiary/aromatic N) is 3. The molecule has 0 aliphatic heterocycles. The normalized spacial score (nSPS) is 15.1. The lowest BCUT2D eigenvalue weighted by atomic mass is 10.3. The minimum atomic E-state index is -0.197. The summed E-state index contributed by atoms with van der Waals surface area (Å²) in [7, 11) is 1.40. The van der Waals surface area contributed by atoms with E-state index >= 15 is 0 Å². The van der Waals surface area contributed by atoms with Gasteiger partial charge < -0.3 is 9.26 Å². The summed E-state index contributed by atoms with van der Waals surface area (Å²) >= 11 is 0. The zero-order chi connectivity index (χ0) is 13.0. The molecule has 1 saturated carbocycles. The van der Waals surface area contributed by atoms with Gasteiger partial charge in [0.2, 0.25) is 5.89 Å². The quantitative estimate of drug-likeness (QED) is 0.683. The first kappa shape index (κ1) is 13.0. The van der Waals surface area contributed by atoms with Crippen LogP contribution >= 0.6 is 0 Å². The molecule has 18 heavy (non-hydrogen) atoms. The number of carbonyl (C=O) groups excluding carboxylic acids is 1. The highest BCUT2D eigenvalue weighted by Crippen LogP contribution is 2.38. The van der Waals surface area contributed by atoms with Gasteiger partial charge in [-0.1, -0.05) is 12.1 Å². The van der Waals surface area contributed by atoms with Crippen LogP contribution in [0.15, 0.2) is 4.52 Å². The average molecular weight is 253 g/mol. The maximum atomic E-state index is 11.1. The van der Waals surface area contributed by atoms with Crippen molar-refractivity contribution in [3.05, 3.63) is 11.7 Å². The van der Waals surface area contributed by atoms with Crippen molar-refractivity contribution in [3.8, 4) is 0 Å². The van der Waals surface area contributed by atoms with Gasteiger partial charge in [-0.15, -0.1) is 0 Å². The fraction of sp³-hybridized carbons (Fsp3) is 0.750. The van der Waals surface area contributed by atoms with Crippen LogP contribution < -0.4 is 0 Å². The lowest BCUT2D eigenvalue weighted by molar-refractivity contribution is -0.141. The molecule has 0 bridgehead atoms. The lowest BCUT2D eigenvalue weighted by Gasteiger charge is -2.16. The van der Waals surface area contributed by atoms with E-state index in [1.54, 1.807) is 0 Å². The summed E-state index contributed by atoms with van der Waals surface area (Å²) in [6.45, 7) is 4.10. The van der Waals surface area contributed by atoms with E-state index in [0.717, 1.165) is 12.4 Å². The average Bonchev–Trinajstić information content (AvgIpc) is 3.14. The Morgan fingerprint density at radius 1 is 1.56 bits per heavy atom. The first-order valence-corrected chi connectivity index (χ1v) is 6.34. The molecule has 0 spiro atoms. The molecule has 100 valence electrons. The van der Waals surface area contributed by atoms with Crippen molar-refractivity contribution in [2.24, 2.45) is 0 Å². The van der Waals surface area contributed by atoms with E-state index in [0.29, 0.717) is 31.3 Å². The Bertz CT molecular complexity index is 401. The number of carbonyl (C=O) groups is 1. The minimum Gasteiger partial charge on any atom is -0.469 e. The number of hydrogen-bond donors (Lipinski definition) is 0. The van der Waals surface area contributed by atoms with Crippen LogP contribution in [-0.4, -0.2) is 41.2 Å². The lowest BCUT2D eigenvalue weighted by Crippen LogP contribution is -2.26. The summed E-state index contributed by atoms with van der Waals surface area (Å²) in [4.78, 5) is 17.5. The van der Waals surface area contributed by atoms with Crippen molar-refractivity contribution >= 4 is 5.97 Å². The third-order valence-electron chi connectivity index (χ3n) is 3.09. The SMILES string of the molecule is CCN(CCC(=O)OC)Cc1nc(C2CC2)no1. The molecular weight excluding hydrogens is 234 g/mol. The molecule has 0 saturated heterocycles. The molecule has 1 aromatic rings. The first-order valence-electron chi connectivity index (χ1n) is 6.34. The van der Waals surface area contributed by atoms with Gasteiger partial charge in [0, 0.05) is 12.5 Å². The Kier molecular flexibility index (Phi) is 4.30. The highest BCUT2D eigenvalue weighted by Gasteiger charge is 2.28. The van der Waals surface area contributed by atoms with E-state index < -0.39 is 0 Å². The molecule has 1 aliphatic carbocycles. The van der Waals surface area contributed by atoms with Crippen molar-refractivity contribution in [1.29, 1.82) is 0 Å². The molecule has 0 aromatic carbocycles. The molecule has 6 nitrogen and oxygen atoms in total. The standard InChI is InChI=1S/C12H19N3O3/c1-3-15(7-6-11(16)17-2)8-10-13-12(14-18-10)9-4-5-9/h9H,3-8H2,1-2H3. The highest BCUT2D eigenvalue weighted by molar-refractivity contribution is 5.69. The summed E-state index contributed by atoms with van der Waals surface area (Å²) in [5.41, 5.74) is 0. The molecular formula is C12H19N3O3. The molecule has 1 heterocycles. The van der Waals surface area contributed by atoms with Gasteiger partial charge in [-0.05, 0) is 19.4 Å². The summed E-state index contributed by atoms with van der Waals surface area (Å²) in [6.07, 6.45) is 2.71. The minimum absolute atomic E-state index is 0.197.